The first kappa shape index (κ1) is 24.4. The van der Waals surface area contributed by atoms with E-state index in [1.54, 1.807) is 23.1 Å². The maximum absolute atomic E-state index is 13.2. The highest BCUT2D eigenvalue weighted by Gasteiger charge is 2.25. The van der Waals surface area contributed by atoms with Crippen LogP contribution in [-0.4, -0.2) is 45.4 Å². The smallest absolute Gasteiger partial charge is 0.263 e. The van der Waals surface area contributed by atoms with E-state index in [-0.39, 0.29) is 21.4 Å². The molecule has 1 N–H and O–H groups in total. The fraction of sp³-hybridized carbons (Fsp3) is 0.240. The molecule has 0 saturated carbocycles. The number of carbonyl (C=O) groups excluding carboxylic acids is 1. The van der Waals surface area contributed by atoms with Gasteiger partial charge in [-0.15, -0.1) is 0 Å². The highest BCUT2D eigenvalue weighted by Crippen LogP contribution is 2.27. The van der Waals surface area contributed by atoms with E-state index in [1.165, 1.54) is 12.1 Å². The molecule has 178 valence electrons. The number of benzene rings is 3. The Labute approximate surface area is 210 Å². The van der Waals surface area contributed by atoms with Crippen LogP contribution in [0.2, 0.25) is 10.0 Å². The van der Waals surface area contributed by atoms with Crippen LogP contribution in [-0.2, 0) is 10.0 Å². The standard InChI is InChI=1S/C25H25Cl2N3O3S/c1-17-12-18(2)14-21(13-17)28-34(32,33)24-15-19(6-7-23(24)27)25(31)30-10-8-29(9-11-30)22-5-3-4-20(26)16-22/h3-7,12-16,28H,8-11H2,1-2H3. The summed E-state index contributed by atoms with van der Waals surface area (Å²) in [6.45, 7) is 6.11. The average molecular weight is 518 g/mol. The Morgan fingerprint density at radius 3 is 2.21 bits per heavy atom. The van der Waals surface area contributed by atoms with Gasteiger partial charge in [0.05, 0.1) is 5.02 Å². The molecular weight excluding hydrogens is 493 g/mol. The number of halogens is 2. The number of aryl methyl sites for hydroxylation is 2. The van der Waals surface area contributed by atoms with Crippen LogP contribution < -0.4 is 9.62 Å². The number of rotatable bonds is 5. The molecule has 9 heteroatoms. The number of piperazine rings is 1. The Bertz CT molecular complexity index is 1320. The lowest BCUT2D eigenvalue weighted by molar-refractivity contribution is 0.0746. The normalized spacial score (nSPS) is 14.2. The van der Waals surface area contributed by atoms with Crippen LogP contribution in [0.3, 0.4) is 0 Å². The van der Waals surface area contributed by atoms with Crippen molar-refractivity contribution in [1.29, 1.82) is 0 Å². The number of hydrogen-bond acceptors (Lipinski definition) is 4. The van der Waals surface area contributed by atoms with Gasteiger partial charge in [-0.25, -0.2) is 8.42 Å². The molecule has 0 bridgehead atoms. The minimum absolute atomic E-state index is 0.0548. The largest absolute Gasteiger partial charge is 0.368 e. The number of anilines is 2. The molecular formula is C25H25Cl2N3O3S. The SMILES string of the molecule is Cc1cc(C)cc(NS(=O)(=O)c2cc(C(=O)N3CCN(c4cccc(Cl)c4)CC3)ccc2Cl)c1. The van der Waals surface area contributed by atoms with Crippen LogP contribution in [0.15, 0.2) is 65.6 Å². The van der Waals surface area contributed by atoms with Gasteiger partial charge in [-0.1, -0.05) is 35.3 Å². The molecule has 34 heavy (non-hydrogen) atoms. The number of sulfonamides is 1. The first-order valence-corrected chi connectivity index (χ1v) is 13.1. The zero-order valence-electron chi connectivity index (χ0n) is 18.9. The monoisotopic (exact) mass is 517 g/mol. The molecule has 1 saturated heterocycles. The summed E-state index contributed by atoms with van der Waals surface area (Å²) in [5.74, 6) is -0.231. The van der Waals surface area contributed by atoms with Gasteiger partial charge in [0.25, 0.3) is 15.9 Å². The summed E-state index contributed by atoms with van der Waals surface area (Å²) >= 11 is 12.3. The van der Waals surface area contributed by atoms with Crippen molar-refractivity contribution in [2.45, 2.75) is 18.7 Å². The van der Waals surface area contributed by atoms with Crippen LogP contribution in [0.5, 0.6) is 0 Å². The van der Waals surface area contributed by atoms with E-state index in [0.29, 0.717) is 36.9 Å². The highest BCUT2D eigenvalue weighted by molar-refractivity contribution is 7.92. The number of amides is 1. The van der Waals surface area contributed by atoms with E-state index in [1.807, 2.05) is 44.2 Å². The van der Waals surface area contributed by atoms with E-state index in [9.17, 15) is 13.2 Å². The summed E-state index contributed by atoms with van der Waals surface area (Å²) in [5, 5.41) is 0.722. The summed E-state index contributed by atoms with van der Waals surface area (Å²) in [4.78, 5) is 16.9. The molecule has 0 radical (unpaired) electrons. The first-order chi connectivity index (χ1) is 16.1. The van der Waals surface area contributed by atoms with Crippen molar-refractivity contribution in [3.8, 4) is 0 Å². The van der Waals surface area contributed by atoms with Crippen molar-refractivity contribution in [2.75, 3.05) is 35.8 Å². The zero-order chi connectivity index (χ0) is 24.5. The fourth-order valence-electron chi connectivity index (χ4n) is 4.11. The van der Waals surface area contributed by atoms with Crippen LogP contribution >= 0.6 is 23.2 Å². The molecule has 1 aliphatic heterocycles. The summed E-state index contributed by atoms with van der Waals surface area (Å²) in [6, 6.07) is 17.4. The van der Waals surface area contributed by atoms with E-state index < -0.39 is 10.0 Å². The van der Waals surface area contributed by atoms with E-state index >= 15 is 0 Å². The topological polar surface area (TPSA) is 69.7 Å². The summed E-state index contributed by atoms with van der Waals surface area (Å²) in [6.07, 6.45) is 0. The third-order valence-electron chi connectivity index (χ3n) is 5.68. The Kier molecular flexibility index (Phi) is 7.07. The van der Waals surface area contributed by atoms with Crippen LogP contribution in [0.4, 0.5) is 11.4 Å². The Morgan fingerprint density at radius 2 is 1.56 bits per heavy atom. The Hall–Kier alpha value is -2.74. The molecule has 0 spiro atoms. The number of hydrogen-bond donors (Lipinski definition) is 1. The molecule has 1 heterocycles. The van der Waals surface area contributed by atoms with Gasteiger partial charge in [0.2, 0.25) is 0 Å². The van der Waals surface area contributed by atoms with Gasteiger partial charge in [-0.3, -0.25) is 9.52 Å². The molecule has 0 atom stereocenters. The van der Waals surface area contributed by atoms with E-state index in [2.05, 4.69) is 9.62 Å². The molecule has 6 nitrogen and oxygen atoms in total. The molecule has 3 aromatic rings. The quantitative estimate of drug-likeness (QED) is 0.493. The predicted octanol–water partition coefficient (Wildman–Crippen LogP) is 5.37. The zero-order valence-corrected chi connectivity index (χ0v) is 21.2. The number of carbonyl (C=O) groups is 1. The lowest BCUT2D eigenvalue weighted by atomic mass is 10.1. The predicted molar refractivity (Wildman–Crippen MR) is 138 cm³/mol. The Balaban J connectivity index is 1.51. The minimum atomic E-state index is -3.99. The second-order valence-electron chi connectivity index (χ2n) is 8.39. The van der Waals surface area contributed by atoms with E-state index in [4.69, 9.17) is 23.2 Å². The fourth-order valence-corrected chi connectivity index (χ4v) is 5.86. The van der Waals surface area contributed by atoms with Crippen LogP contribution in [0.1, 0.15) is 21.5 Å². The summed E-state index contributed by atoms with van der Waals surface area (Å²) in [5.41, 5.74) is 3.61. The summed E-state index contributed by atoms with van der Waals surface area (Å²) in [7, 11) is -3.99. The van der Waals surface area contributed by atoms with Gasteiger partial charge in [-0.05, 0) is 73.5 Å². The van der Waals surface area contributed by atoms with Gasteiger partial charge in [0, 0.05) is 48.1 Å². The van der Waals surface area contributed by atoms with Gasteiger partial charge < -0.3 is 9.80 Å². The van der Waals surface area contributed by atoms with E-state index in [0.717, 1.165) is 16.8 Å². The molecule has 1 aliphatic rings. The van der Waals surface area contributed by atoms with Crippen molar-refractivity contribution in [3.63, 3.8) is 0 Å². The molecule has 4 rings (SSSR count). The second-order valence-corrected chi connectivity index (χ2v) is 10.9. The number of nitrogens with one attached hydrogen (secondary N) is 1. The molecule has 3 aromatic carbocycles. The van der Waals surface area contributed by atoms with Crippen molar-refractivity contribution in [3.05, 3.63) is 87.4 Å². The van der Waals surface area contributed by atoms with Crippen molar-refractivity contribution >= 4 is 50.5 Å². The van der Waals surface area contributed by atoms with Crippen molar-refractivity contribution < 1.29 is 13.2 Å². The summed E-state index contributed by atoms with van der Waals surface area (Å²) < 4.78 is 28.7. The molecule has 0 aromatic heterocycles. The first-order valence-electron chi connectivity index (χ1n) is 10.8. The van der Waals surface area contributed by atoms with Crippen LogP contribution in [0, 0.1) is 13.8 Å². The maximum atomic E-state index is 13.2. The van der Waals surface area contributed by atoms with Gasteiger partial charge in [-0.2, -0.15) is 0 Å². The Morgan fingerprint density at radius 1 is 0.882 bits per heavy atom. The molecule has 0 aliphatic carbocycles. The van der Waals surface area contributed by atoms with Crippen molar-refractivity contribution in [1.82, 2.24) is 4.90 Å². The average Bonchev–Trinajstić information content (AvgIpc) is 2.78. The second kappa shape index (κ2) is 9.86. The van der Waals surface area contributed by atoms with Crippen LogP contribution in [0.25, 0.3) is 0 Å². The third kappa shape index (κ3) is 5.49. The lowest BCUT2D eigenvalue weighted by Gasteiger charge is -2.36. The minimum Gasteiger partial charge on any atom is -0.368 e. The third-order valence-corrected chi connectivity index (χ3v) is 7.78. The van der Waals surface area contributed by atoms with Gasteiger partial charge in [0.15, 0.2) is 0 Å². The maximum Gasteiger partial charge on any atom is 0.263 e. The van der Waals surface area contributed by atoms with Crippen molar-refractivity contribution in [2.24, 2.45) is 0 Å². The number of nitrogens with zero attached hydrogens (tertiary/aromatic N) is 2. The van der Waals surface area contributed by atoms with Gasteiger partial charge in [0.1, 0.15) is 4.90 Å². The molecule has 1 amide bonds. The highest BCUT2D eigenvalue weighted by atomic mass is 35.5. The molecule has 1 fully saturated rings. The van der Waals surface area contributed by atoms with Gasteiger partial charge >= 0.3 is 0 Å². The lowest BCUT2D eigenvalue weighted by Crippen LogP contribution is -2.48. The molecule has 0 unspecified atom stereocenters.